The third-order valence-corrected chi connectivity index (χ3v) is 4.70. The Hall–Kier alpha value is -0.670. The number of hydrogen-bond acceptors (Lipinski definition) is 3. The van der Waals surface area contributed by atoms with Crippen LogP contribution in [0.3, 0.4) is 0 Å². The van der Waals surface area contributed by atoms with Crippen molar-refractivity contribution in [1.29, 1.82) is 0 Å². The van der Waals surface area contributed by atoms with Crippen molar-refractivity contribution < 1.29 is 0 Å². The minimum atomic E-state index is 0.859. The van der Waals surface area contributed by atoms with E-state index in [-0.39, 0.29) is 0 Å². The zero-order valence-corrected chi connectivity index (χ0v) is 12.3. The third-order valence-electron chi connectivity index (χ3n) is 3.35. The van der Waals surface area contributed by atoms with Gasteiger partial charge in [0.15, 0.2) is 0 Å². The van der Waals surface area contributed by atoms with E-state index in [0.717, 1.165) is 18.3 Å². The molecule has 0 atom stereocenters. The number of rotatable bonds is 6. The van der Waals surface area contributed by atoms with Crippen molar-refractivity contribution in [3.63, 3.8) is 0 Å². The predicted molar refractivity (Wildman–Crippen MR) is 81.6 cm³/mol. The number of benzene rings is 1. The summed E-state index contributed by atoms with van der Waals surface area (Å²) in [5.74, 6) is 0. The van der Waals surface area contributed by atoms with E-state index >= 15 is 0 Å². The van der Waals surface area contributed by atoms with Crippen molar-refractivity contribution in [3.8, 4) is 0 Å². The summed E-state index contributed by atoms with van der Waals surface area (Å²) in [6, 6.07) is 8.90. The summed E-state index contributed by atoms with van der Waals surface area (Å²) in [5, 5.41) is 4.30. The minimum Gasteiger partial charge on any atom is -0.384 e. The van der Waals surface area contributed by atoms with Crippen LogP contribution in [0.25, 0.3) is 0 Å². The van der Waals surface area contributed by atoms with Gasteiger partial charge in [-0.05, 0) is 51.2 Å². The number of likely N-dealkylation sites (N-methyl/N-ethyl adjacent to an activating group) is 1. The smallest absolute Gasteiger partial charge is 0.0341 e. The standard InChI is InChI=1S/C15H24N2S/c1-17(2)12-11-16-13-7-9-15(10-8-13)18-14-5-3-4-6-14/h7-10,14,16H,3-6,11-12H2,1-2H3. The average Bonchev–Trinajstić information content (AvgIpc) is 2.84. The maximum atomic E-state index is 3.45. The van der Waals surface area contributed by atoms with Gasteiger partial charge in [-0.2, -0.15) is 0 Å². The second-order valence-corrected chi connectivity index (χ2v) is 6.65. The van der Waals surface area contributed by atoms with Crippen LogP contribution in [0.1, 0.15) is 25.7 Å². The van der Waals surface area contributed by atoms with E-state index in [9.17, 15) is 0 Å². The van der Waals surface area contributed by atoms with Gasteiger partial charge in [-0.3, -0.25) is 0 Å². The lowest BCUT2D eigenvalue weighted by Crippen LogP contribution is -2.20. The molecule has 1 N–H and O–H groups in total. The first-order chi connectivity index (χ1) is 8.74. The number of nitrogens with one attached hydrogen (secondary N) is 1. The van der Waals surface area contributed by atoms with Gasteiger partial charge in [-0.15, -0.1) is 11.8 Å². The summed E-state index contributed by atoms with van der Waals surface area (Å²) in [6.45, 7) is 2.07. The average molecular weight is 264 g/mol. The first kappa shape index (κ1) is 13.8. The number of thioether (sulfide) groups is 1. The van der Waals surface area contributed by atoms with Crippen LogP contribution in [0.2, 0.25) is 0 Å². The molecule has 2 nitrogen and oxygen atoms in total. The molecule has 1 aromatic carbocycles. The molecule has 1 fully saturated rings. The van der Waals surface area contributed by atoms with Crippen molar-refractivity contribution in [2.45, 2.75) is 35.8 Å². The Morgan fingerprint density at radius 1 is 1.17 bits per heavy atom. The van der Waals surface area contributed by atoms with Gasteiger partial charge in [-0.25, -0.2) is 0 Å². The van der Waals surface area contributed by atoms with Gasteiger partial charge in [0.1, 0.15) is 0 Å². The third kappa shape index (κ3) is 4.54. The normalized spacial score (nSPS) is 16.4. The molecule has 0 saturated heterocycles. The fourth-order valence-corrected chi connectivity index (χ4v) is 3.52. The lowest BCUT2D eigenvalue weighted by molar-refractivity contribution is 0.425. The Morgan fingerprint density at radius 2 is 1.83 bits per heavy atom. The molecule has 1 aliphatic carbocycles. The largest absolute Gasteiger partial charge is 0.384 e. The monoisotopic (exact) mass is 264 g/mol. The van der Waals surface area contributed by atoms with Gasteiger partial charge in [0, 0.05) is 28.9 Å². The second kappa shape index (κ2) is 7.05. The molecular weight excluding hydrogens is 240 g/mol. The molecule has 1 aliphatic rings. The van der Waals surface area contributed by atoms with Crippen molar-refractivity contribution >= 4 is 17.4 Å². The maximum absolute atomic E-state index is 3.45. The van der Waals surface area contributed by atoms with Crippen LogP contribution in [0.15, 0.2) is 29.2 Å². The molecule has 0 radical (unpaired) electrons. The maximum Gasteiger partial charge on any atom is 0.0341 e. The predicted octanol–water partition coefficient (Wildman–Crippen LogP) is 3.69. The zero-order chi connectivity index (χ0) is 12.8. The number of hydrogen-bond donors (Lipinski definition) is 1. The van der Waals surface area contributed by atoms with Crippen molar-refractivity contribution in [1.82, 2.24) is 4.90 Å². The summed E-state index contributed by atoms with van der Waals surface area (Å²) in [5.41, 5.74) is 1.23. The Bertz CT molecular complexity index is 342. The van der Waals surface area contributed by atoms with Crippen LogP contribution < -0.4 is 5.32 Å². The van der Waals surface area contributed by atoms with Gasteiger partial charge in [-0.1, -0.05) is 12.8 Å². The van der Waals surface area contributed by atoms with Gasteiger partial charge in [0.2, 0.25) is 0 Å². The van der Waals surface area contributed by atoms with Crippen LogP contribution in [0.5, 0.6) is 0 Å². The van der Waals surface area contributed by atoms with Crippen LogP contribution >= 0.6 is 11.8 Å². The van der Waals surface area contributed by atoms with Crippen LogP contribution in [0.4, 0.5) is 5.69 Å². The highest BCUT2D eigenvalue weighted by Crippen LogP contribution is 2.34. The molecule has 1 saturated carbocycles. The van der Waals surface area contributed by atoms with Crippen LogP contribution in [-0.2, 0) is 0 Å². The SMILES string of the molecule is CN(C)CCNc1ccc(SC2CCCC2)cc1. The van der Waals surface area contributed by atoms with Crippen molar-refractivity contribution in [2.75, 3.05) is 32.5 Å². The molecule has 3 heteroatoms. The van der Waals surface area contributed by atoms with Gasteiger partial charge in [0.25, 0.3) is 0 Å². The summed E-state index contributed by atoms with van der Waals surface area (Å²) in [7, 11) is 4.20. The molecule has 0 unspecified atom stereocenters. The first-order valence-electron chi connectivity index (χ1n) is 6.89. The fraction of sp³-hybridized carbons (Fsp3) is 0.600. The first-order valence-corrected chi connectivity index (χ1v) is 7.77. The highest BCUT2D eigenvalue weighted by atomic mass is 32.2. The van der Waals surface area contributed by atoms with E-state index in [1.165, 1.54) is 36.3 Å². The molecular formula is C15H24N2S. The number of nitrogens with zero attached hydrogens (tertiary/aromatic N) is 1. The Labute approximate surface area is 115 Å². The quantitative estimate of drug-likeness (QED) is 0.843. The molecule has 2 rings (SSSR count). The topological polar surface area (TPSA) is 15.3 Å². The van der Waals surface area contributed by atoms with Crippen molar-refractivity contribution in [2.24, 2.45) is 0 Å². The van der Waals surface area contributed by atoms with Gasteiger partial charge >= 0.3 is 0 Å². The molecule has 0 spiro atoms. The molecule has 0 amide bonds. The molecule has 0 heterocycles. The lowest BCUT2D eigenvalue weighted by Gasteiger charge is -2.12. The molecule has 18 heavy (non-hydrogen) atoms. The van der Waals surface area contributed by atoms with Crippen LogP contribution in [-0.4, -0.2) is 37.3 Å². The van der Waals surface area contributed by atoms with Crippen molar-refractivity contribution in [3.05, 3.63) is 24.3 Å². The highest BCUT2D eigenvalue weighted by molar-refractivity contribution is 8.00. The summed E-state index contributed by atoms with van der Waals surface area (Å²) < 4.78 is 0. The van der Waals surface area contributed by atoms with Gasteiger partial charge in [0.05, 0.1) is 0 Å². The van der Waals surface area contributed by atoms with E-state index < -0.39 is 0 Å². The Kier molecular flexibility index (Phi) is 5.39. The number of anilines is 1. The molecule has 1 aromatic rings. The fourth-order valence-electron chi connectivity index (χ4n) is 2.27. The zero-order valence-electron chi connectivity index (χ0n) is 11.5. The second-order valence-electron chi connectivity index (χ2n) is 5.28. The lowest BCUT2D eigenvalue weighted by atomic mass is 10.3. The summed E-state index contributed by atoms with van der Waals surface area (Å²) in [4.78, 5) is 3.61. The Morgan fingerprint density at radius 3 is 2.44 bits per heavy atom. The van der Waals surface area contributed by atoms with E-state index in [4.69, 9.17) is 0 Å². The van der Waals surface area contributed by atoms with E-state index in [0.29, 0.717) is 0 Å². The van der Waals surface area contributed by atoms with Gasteiger partial charge < -0.3 is 10.2 Å². The highest BCUT2D eigenvalue weighted by Gasteiger charge is 2.15. The van der Waals surface area contributed by atoms with E-state index in [1.54, 1.807) is 0 Å². The summed E-state index contributed by atoms with van der Waals surface area (Å²) >= 11 is 2.05. The van der Waals surface area contributed by atoms with E-state index in [1.807, 2.05) is 0 Å². The molecule has 0 aliphatic heterocycles. The summed E-state index contributed by atoms with van der Waals surface area (Å²) in [6.07, 6.45) is 5.63. The molecule has 0 aromatic heterocycles. The Balaban J connectivity index is 1.77. The van der Waals surface area contributed by atoms with Crippen LogP contribution in [0, 0.1) is 0 Å². The molecule has 100 valence electrons. The minimum absolute atomic E-state index is 0.859. The van der Waals surface area contributed by atoms with E-state index in [2.05, 4.69) is 60.3 Å². The molecule has 0 bridgehead atoms.